The van der Waals surface area contributed by atoms with Crippen LogP contribution in [0, 0.1) is 6.92 Å². The average molecular weight is 458 g/mol. The molecule has 0 saturated carbocycles. The van der Waals surface area contributed by atoms with Crippen molar-refractivity contribution in [3.8, 4) is 16.9 Å². The Hall–Kier alpha value is -2.31. The number of nitrogens with zero attached hydrogens (tertiary/aromatic N) is 1. The van der Waals surface area contributed by atoms with Gasteiger partial charge in [0.25, 0.3) is 10.0 Å². The van der Waals surface area contributed by atoms with Crippen molar-refractivity contribution in [2.24, 2.45) is 0 Å². The van der Waals surface area contributed by atoms with E-state index >= 15 is 0 Å². The van der Waals surface area contributed by atoms with Gasteiger partial charge < -0.3 is 5.11 Å². The lowest BCUT2D eigenvalue weighted by Gasteiger charge is -2.39. The second-order valence-corrected chi connectivity index (χ2v) is 9.65. The number of sulfonamides is 1. The van der Waals surface area contributed by atoms with Crippen molar-refractivity contribution in [1.82, 2.24) is 0 Å². The number of aromatic hydroxyl groups is 1. The highest BCUT2D eigenvalue weighted by Gasteiger charge is 2.38. The molecule has 0 spiro atoms. The first-order valence-corrected chi connectivity index (χ1v) is 11.3. The molecule has 4 rings (SSSR count). The van der Waals surface area contributed by atoms with Gasteiger partial charge in [0.1, 0.15) is 5.75 Å². The molecule has 0 aromatic heterocycles. The van der Waals surface area contributed by atoms with Crippen LogP contribution >= 0.6 is 15.9 Å². The number of fused-ring (bicyclic) bond motifs is 3. The van der Waals surface area contributed by atoms with Crippen LogP contribution in [-0.2, 0) is 10.0 Å². The molecule has 0 amide bonds. The molecule has 0 aliphatic carbocycles. The van der Waals surface area contributed by atoms with Crippen LogP contribution in [0.1, 0.15) is 30.5 Å². The Labute approximate surface area is 173 Å². The lowest BCUT2D eigenvalue weighted by Crippen LogP contribution is -2.37. The summed E-state index contributed by atoms with van der Waals surface area (Å²) in [6.45, 7) is 3.69. The summed E-state index contributed by atoms with van der Waals surface area (Å²) in [5, 5.41) is 9.82. The van der Waals surface area contributed by atoms with E-state index in [1.807, 2.05) is 49.4 Å². The maximum Gasteiger partial charge on any atom is 0.264 e. The number of phenols is 1. The van der Waals surface area contributed by atoms with Crippen molar-refractivity contribution in [2.75, 3.05) is 4.31 Å². The van der Waals surface area contributed by atoms with Crippen LogP contribution in [0.25, 0.3) is 11.1 Å². The van der Waals surface area contributed by atoms with Gasteiger partial charge in [0.05, 0.1) is 16.6 Å². The predicted molar refractivity (Wildman–Crippen MR) is 115 cm³/mol. The van der Waals surface area contributed by atoms with E-state index in [0.717, 1.165) is 21.2 Å². The number of phenolic OH excluding ortho intramolecular Hbond substituents is 1. The van der Waals surface area contributed by atoms with Crippen LogP contribution in [0.3, 0.4) is 0 Å². The number of aryl methyl sites for hydroxylation is 1. The summed E-state index contributed by atoms with van der Waals surface area (Å²) in [6.07, 6.45) is 0.642. The Morgan fingerprint density at radius 1 is 1.04 bits per heavy atom. The normalized spacial score (nSPS) is 15.8. The van der Waals surface area contributed by atoms with Crippen LogP contribution < -0.4 is 4.31 Å². The summed E-state index contributed by atoms with van der Waals surface area (Å²) in [5.74, 6) is 0.0827. The monoisotopic (exact) mass is 457 g/mol. The zero-order valence-corrected chi connectivity index (χ0v) is 18.0. The summed E-state index contributed by atoms with van der Waals surface area (Å²) in [4.78, 5) is 0.175. The lowest BCUT2D eigenvalue weighted by molar-refractivity contribution is 0.470. The van der Waals surface area contributed by atoms with Crippen LogP contribution in [0.15, 0.2) is 70.0 Å². The van der Waals surface area contributed by atoms with Crippen molar-refractivity contribution in [2.45, 2.75) is 31.2 Å². The van der Waals surface area contributed by atoms with E-state index in [1.54, 1.807) is 6.92 Å². The molecule has 1 N–H and O–H groups in total. The van der Waals surface area contributed by atoms with Gasteiger partial charge in [-0.1, -0.05) is 47.1 Å². The standard InChI is InChI=1S/C22H20BrNO3S/c1-3-20-18-7-5-4-6-17(18)19-13-15(23)8-10-21(19)24(20)28(26,27)16-9-11-22(25)14(2)12-16/h4-13,20,25H,3H2,1-2H3. The van der Waals surface area contributed by atoms with Crippen LogP contribution in [0.4, 0.5) is 5.69 Å². The number of rotatable bonds is 3. The molecule has 0 bridgehead atoms. The molecule has 3 aromatic rings. The van der Waals surface area contributed by atoms with E-state index < -0.39 is 10.0 Å². The van der Waals surface area contributed by atoms with Gasteiger partial charge in [-0.05, 0) is 66.4 Å². The molecule has 4 nitrogen and oxygen atoms in total. The summed E-state index contributed by atoms with van der Waals surface area (Å²) in [6, 6.07) is 17.8. The first kappa shape index (κ1) is 19.0. The van der Waals surface area contributed by atoms with Gasteiger partial charge in [-0.2, -0.15) is 0 Å². The molecule has 1 aliphatic heterocycles. The highest BCUT2D eigenvalue weighted by Crippen LogP contribution is 2.49. The van der Waals surface area contributed by atoms with E-state index in [-0.39, 0.29) is 16.7 Å². The molecule has 0 fully saturated rings. The second kappa shape index (κ2) is 6.94. The van der Waals surface area contributed by atoms with E-state index in [4.69, 9.17) is 0 Å². The van der Waals surface area contributed by atoms with Crippen LogP contribution in [0.5, 0.6) is 5.75 Å². The Balaban J connectivity index is 1.99. The zero-order chi connectivity index (χ0) is 20.1. The minimum atomic E-state index is -3.82. The van der Waals surface area contributed by atoms with Crippen molar-refractivity contribution in [3.05, 3.63) is 76.3 Å². The van der Waals surface area contributed by atoms with Crippen molar-refractivity contribution in [1.29, 1.82) is 0 Å². The van der Waals surface area contributed by atoms with Crippen molar-refractivity contribution in [3.63, 3.8) is 0 Å². The Bertz CT molecular complexity index is 1170. The second-order valence-electron chi connectivity index (χ2n) is 6.92. The van der Waals surface area contributed by atoms with E-state index in [9.17, 15) is 13.5 Å². The lowest BCUT2D eigenvalue weighted by atomic mass is 9.89. The van der Waals surface area contributed by atoms with Crippen LogP contribution in [0.2, 0.25) is 0 Å². The topological polar surface area (TPSA) is 57.6 Å². The Kier molecular flexibility index (Phi) is 4.71. The molecule has 3 aromatic carbocycles. The van der Waals surface area contributed by atoms with Gasteiger partial charge in [0, 0.05) is 10.0 Å². The molecular weight excluding hydrogens is 438 g/mol. The zero-order valence-electron chi connectivity index (χ0n) is 15.6. The van der Waals surface area contributed by atoms with Gasteiger partial charge in [-0.25, -0.2) is 8.42 Å². The fraction of sp³-hybridized carbons (Fsp3) is 0.182. The predicted octanol–water partition coefficient (Wildman–Crippen LogP) is 5.79. The summed E-state index contributed by atoms with van der Waals surface area (Å²) in [5.41, 5.74) is 4.13. The van der Waals surface area contributed by atoms with Gasteiger partial charge in [-0.15, -0.1) is 0 Å². The van der Waals surface area contributed by atoms with E-state index in [0.29, 0.717) is 17.7 Å². The maximum absolute atomic E-state index is 13.7. The summed E-state index contributed by atoms with van der Waals surface area (Å²) in [7, 11) is -3.82. The van der Waals surface area contributed by atoms with Gasteiger partial charge in [0.2, 0.25) is 0 Å². The highest BCUT2D eigenvalue weighted by molar-refractivity contribution is 9.10. The first-order valence-electron chi connectivity index (χ1n) is 9.07. The van der Waals surface area contributed by atoms with E-state index in [2.05, 4.69) is 15.9 Å². The SMILES string of the molecule is CCC1c2ccccc2-c2cc(Br)ccc2N1S(=O)(=O)c1ccc(O)c(C)c1. The third-order valence-electron chi connectivity index (χ3n) is 5.20. The number of anilines is 1. The fourth-order valence-electron chi connectivity index (χ4n) is 3.83. The molecule has 1 aliphatic rings. The Morgan fingerprint density at radius 3 is 2.50 bits per heavy atom. The Morgan fingerprint density at radius 2 is 1.79 bits per heavy atom. The minimum absolute atomic E-state index is 0.0827. The summed E-state index contributed by atoms with van der Waals surface area (Å²) >= 11 is 3.51. The first-order chi connectivity index (χ1) is 13.3. The maximum atomic E-state index is 13.7. The molecule has 1 atom stereocenters. The molecule has 144 valence electrons. The molecule has 0 radical (unpaired) electrons. The fourth-order valence-corrected chi connectivity index (χ4v) is 6.00. The molecule has 1 heterocycles. The third-order valence-corrected chi connectivity index (χ3v) is 7.51. The average Bonchev–Trinajstić information content (AvgIpc) is 2.68. The van der Waals surface area contributed by atoms with Crippen LogP contribution in [-0.4, -0.2) is 13.5 Å². The number of halogens is 1. The molecule has 0 saturated heterocycles. The van der Waals surface area contributed by atoms with Gasteiger partial charge >= 0.3 is 0 Å². The quantitative estimate of drug-likeness (QED) is 0.541. The molecular formula is C22H20BrNO3S. The molecule has 28 heavy (non-hydrogen) atoms. The van der Waals surface area contributed by atoms with E-state index in [1.165, 1.54) is 22.5 Å². The van der Waals surface area contributed by atoms with Crippen molar-refractivity contribution < 1.29 is 13.5 Å². The third kappa shape index (κ3) is 2.91. The molecule has 1 unspecified atom stereocenters. The molecule has 6 heteroatoms. The number of benzene rings is 3. The number of hydrogen-bond donors (Lipinski definition) is 1. The number of hydrogen-bond acceptors (Lipinski definition) is 3. The summed E-state index contributed by atoms with van der Waals surface area (Å²) < 4.78 is 29.8. The van der Waals surface area contributed by atoms with Gasteiger partial charge in [0.15, 0.2) is 0 Å². The smallest absolute Gasteiger partial charge is 0.264 e. The largest absolute Gasteiger partial charge is 0.508 e. The van der Waals surface area contributed by atoms with Crippen molar-refractivity contribution >= 4 is 31.6 Å². The minimum Gasteiger partial charge on any atom is -0.508 e. The van der Waals surface area contributed by atoms with Gasteiger partial charge in [-0.3, -0.25) is 4.31 Å². The highest BCUT2D eigenvalue weighted by atomic mass is 79.9.